The van der Waals surface area contributed by atoms with Crippen molar-refractivity contribution in [1.29, 1.82) is 0 Å². The number of anilines is 1. The Labute approximate surface area is 124 Å². The van der Waals surface area contributed by atoms with Crippen LogP contribution >= 0.6 is 34.5 Å². The van der Waals surface area contributed by atoms with Gasteiger partial charge in [0.05, 0.1) is 17.9 Å². The Morgan fingerprint density at radius 1 is 1.26 bits per heavy atom. The van der Waals surface area contributed by atoms with E-state index < -0.39 is 0 Å². The second-order valence-corrected chi connectivity index (χ2v) is 5.96. The molecule has 19 heavy (non-hydrogen) atoms. The van der Waals surface area contributed by atoms with Crippen molar-refractivity contribution in [3.63, 3.8) is 0 Å². The topological polar surface area (TPSA) is 29.3 Å². The predicted octanol–water partition coefficient (Wildman–Crippen LogP) is 4.62. The number of hydrogen-bond acceptors (Lipinski definition) is 3. The Morgan fingerprint density at radius 3 is 2.74 bits per heavy atom. The molecule has 0 aliphatic heterocycles. The molecule has 0 aliphatic carbocycles. The van der Waals surface area contributed by atoms with Crippen molar-refractivity contribution >= 4 is 45.2 Å². The molecule has 0 spiro atoms. The standard InChI is InChI=1S/C13H11Cl2N3S/c1-8-12(18-2-3-19-13(18)17-8)7-16-11-5-9(14)4-10(15)6-11/h2-6,16H,7H2,1H3. The van der Waals surface area contributed by atoms with Crippen molar-refractivity contribution in [2.24, 2.45) is 0 Å². The summed E-state index contributed by atoms with van der Waals surface area (Å²) in [6, 6.07) is 5.43. The molecule has 0 bridgehead atoms. The number of benzene rings is 1. The van der Waals surface area contributed by atoms with E-state index in [2.05, 4.69) is 14.7 Å². The molecule has 0 radical (unpaired) electrons. The molecule has 98 valence electrons. The summed E-state index contributed by atoms with van der Waals surface area (Å²) in [6.07, 6.45) is 2.03. The van der Waals surface area contributed by atoms with Crippen LogP contribution in [0, 0.1) is 6.92 Å². The Balaban J connectivity index is 1.85. The molecule has 0 unspecified atom stereocenters. The molecular weight excluding hydrogens is 301 g/mol. The highest BCUT2D eigenvalue weighted by Crippen LogP contribution is 2.24. The fraction of sp³-hybridized carbons (Fsp3) is 0.154. The minimum atomic E-state index is 0.626. The molecule has 0 saturated carbocycles. The zero-order valence-corrected chi connectivity index (χ0v) is 12.5. The molecule has 3 nitrogen and oxygen atoms in total. The first-order valence-corrected chi connectivity index (χ1v) is 7.38. The van der Waals surface area contributed by atoms with Crippen molar-refractivity contribution in [3.8, 4) is 0 Å². The third kappa shape index (κ3) is 2.56. The van der Waals surface area contributed by atoms with Crippen LogP contribution < -0.4 is 5.32 Å². The van der Waals surface area contributed by atoms with Crippen molar-refractivity contribution in [2.75, 3.05) is 5.32 Å². The van der Waals surface area contributed by atoms with Crippen molar-refractivity contribution < 1.29 is 0 Å². The molecule has 6 heteroatoms. The van der Waals surface area contributed by atoms with Crippen molar-refractivity contribution in [3.05, 3.63) is 51.2 Å². The molecule has 0 atom stereocenters. The highest BCUT2D eigenvalue weighted by molar-refractivity contribution is 7.15. The van der Waals surface area contributed by atoms with E-state index in [-0.39, 0.29) is 0 Å². The number of imidazole rings is 1. The van der Waals surface area contributed by atoms with Gasteiger partial charge in [0, 0.05) is 27.3 Å². The average molecular weight is 312 g/mol. The van der Waals surface area contributed by atoms with E-state index in [4.69, 9.17) is 23.2 Å². The minimum absolute atomic E-state index is 0.626. The van der Waals surface area contributed by atoms with Crippen LogP contribution in [0.25, 0.3) is 4.96 Å². The quantitative estimate of drug-likeness (QED) is 0.764. The molecule has 0 fully saturated rings. The van der Waals surface area contributed by atoms with E-state index >= 15 is 0 Å². The summed E-state index contributed by atoms with van der Waals surface area (Å²) < 4.78 is 2.10. The van der Waals surface area contributed by atoms with Crippen LogP contribution in [0.15, 0.2) is 29.8 Å². The van der Waals surface area contributed by atoms with E-state index in [0.29, 0.717) is 16.6 Å². The maximum Gasteiger partial charge on any atom is 0.194 e. The molecule has 2 aromatic heterocycles. The summed E-state index contributed by atoms with van der Waals surface area (Å²) in [5.74, 6) is 0. The number of halogens is 2. The zero-order chi connectivity index (χ0) is 13.4. The number of thiazole rings is 1. The largest absolute Gasteiger partial charge is 0.379 e. The highest BCUT2D eigenvalue weighted by atomic mass is 35.5. The van der Waals surface area contributed by atoms with E-state index in [1.54, 1.807) is 17.4 Å². The van der Waals surface area contributed by atoms with Crippen LogP contribution in [0.5, 0.6) is 0 Å². The lowest BCUT2D eigenvalue weighted by atomic mass is 10.3. The smallest absolute Gasteiger partial charge is 0.194 e. The van der Waals surface area contributed by atoms with E-state index in [1.165, 1.54) is 0 Å². The summed E-state index contributed by atoms with van der Waals surface area (Å²) in [5, 5.41) is 6.61. The zero-order valence-electron chi connectivity index (χ0n) is 10.2. The third-order valence-corrected chi connectivity index (χ3v) is 4.08. The summed E-state index contributed by atoms with van der Waals surface area (Å²) in [4.78, 5) is 5.52. The van der Waals surface area contributed by atoms with Gasteiger partial charge >= 0.3 is 0 Å². The summed E-state index contributed by atoms with van der Waals surface area (Å²) in [5.41, 5.74) is 3.09. The molecule has 1 aromatic carbocycles. The summed E-state index contributed by atoms with van der Waals surface area (Å²) >= 11 is 13.6. The van der Waals surface area contributed by atoms with Gasteiger partial charge < -0.3 is 5.32 Å². The van der Waals surface area contributed by atoms with Crippen LogP contribution in [0.1, 0.15) is 11.4 Å². The van der Waals surface area contributed by atoms with Crippen LogP contribution in [0.3, 0.4) is 0 Å². The fourth-order valence-electron chi connectivity index (χ4n) is 2.00. The molecule has 2 heterocycles. The van der Waals surface area contributed by atoms with Gasteiger partial charge in [0.15, 0.2) is 4.96 Å². The maximum atomic E-state index is 5.98. The van der Waals surface area contributed by atoms with Gasteiger partial charge in [-0.1, -0.05) is 23.2 Å². The fourth-order valence-corrected chi connectivity index (χ4v) is 3.30. The molecular formula is C13H11Cl2N3S. The Morgan fingerprint density at radius 2 is 2.00 bits per heavy atom. The molecule has 3 aromatic rings. The normalized spacial score (nSPS) is 11.1. The number of hydrogen-bond donors (Lipinski definition) is 1. The lowest BCUT2D eigenvalue weighted by Crippen LogP contribution is -2.03. The number of nitrogens with one attached hydrogen (secondary N) is 1. The predicted molar refractivity (Wildman–Crippen MR) is 81.6 cm³/mol. The van der Waals surface area contributed by atoms with Gasteiger partial charge in [-0.3, -0.25) is 4.40 Å². The highest BCUT2D eigenvalue weighted by Gasteiger charge is 2.09. The first-order valence-electron chi connectivity index (χ1n) is 5.74. The summed E-state index contributed by atoms with van der Waals surface area (Å²) in [6.45, 7) is 2.70. The van der Waals surface area contributed by atoms with Gasteiger partial charge in [0.1, 0.15) is 0 Å². The van der Waals surface area contributed by atoms with Gasteiger partial charge in [0.2, 0.25) is 0 Å². The number of nitrogens with zero attached hydrogens (tertiary/aromatic N) is 2. The number of rotatable bonds is 3. The van der Waals surface area contributed by atoms with Gasteiger partial charge in [-0.25, -0.2) is 4.98 Å². The number of fused-ring (bicyclic) bond motifs is 1. The average Bonchev–Trinajstić information content (AvgIpc) is 2.86. The van der Waals surface area contributed by atoms with E-state index in [9.17, 15) is 0 Å². The summed E-state index contributed by atoms with van der Waals surface area (Å²) in [7, 11) is 0. The minimum Gasteiger partial charge on any atom is -0.379 e. The molecule has 0 saturated heterocycles. The second-order valence-electron chi connectivity index (χ2n) is 4.21. The van der Waals surface area contributed by atoms with Crippen LogP contribution in [0.4, 0.5) is 5.69 Å². The number of aryl methyl sites for hydroxylation is 1. The second kappa shape index (κ2) is 5.04. The Hall–Kier alpha value is -1.23. The maximum absolute atomic E-state index is 5.98. The third-order valence-electron chi connectivity index (χ3n) is 2.88. The number of aromatic nitrogens is 2. The van der Waals surface area contributed by atoms with Crippen molar-refractivity contribution in [2.45, 2.75) is 13.5 Å². The van der Waals surface area contributed by atoms with Gasteiger partial charge in [0.25, 0.3) is 0 Å². The van der Waals surface area contributed by atoms with Crippen LogP contribution in [-0.2, 0) is 6.54 Å². The molecule has 1 N–H and O–H groups in total. The van der Waals surface area contributed by atoms with Crippen LogP contribution in [-0.4, -0.2) is 9.38 Å². The first kappa shape index (κ1) is 12.8. The van der Waals surface area contributed by atoms with Gasteiger partial charge in [-0.2, -0.15) is 0 Å². The SMILES string of the molecule is Cc1nc2sccn2c1CNc1cc(Cl)cc(Cl)c1. The Kier molecular flexibility index (Phi) is 3.39. The lowest BCUT2D eigenvalue weighted by molar-refractivity contribution is 0.995. The monoisotopic (exact) mass is 311 g/mol. The van der Waals surface area contributed by atoms with Crippen LogP contribution in [0.2, 0.25) is 10.0 Å². The van der Waals surface area contributed by atoms with Gasteiger partial charge in [-0.15, -0.1) is 11.3 Å². The van der Waals surface area contributed by atoms with Crippen molar-refractivity contribution in [1.82, 2.24) is 9.38 Å². The molecule has 3 rings (SSSR count). The van der Waals surface area contributed by atoms with E-state index in [1.807, 2.05) is 30.6 Å². The first-order chi connectivity index (χ1) is 9.13. The van der Waals surface area contributed by atoms with Gasteiger partial charge in [-0.05, 0) is 25.1 Å². The molecule has 0 aliphatic rings. The lowest BCUT2D eigenvalue weighted by Gasteiger charge is -2.07. The van der Waals surface area contributed by atoms with E-state index in [0.717, 1.165) is 22.0 Å². The molecule has 0 amide bonds. The Bertz CT molecular complexity index is 712.